The van der Waals surface area contributed by atoms with Gasteiger partial charge in [0.25, 0.3) is 0 Å². The van der Waals surface area contributed by atoms with Crippen molar-refractivity contribution >= 4 is 11.7 Å². The maximum absolute atomic E-state index is 12.8. The average Bonchev–Trinajstić information content (AvgIpc) is 2.68. The van der Waals surface area contributed by atoms with Crippen LogP contribution in [-0.2, 0) is 6.54 Å². The Morgan fingerprint density at radius 2 is 2.12 bits per heavy atom. The Kier molecular flexibility index (Phi) is 4.53. The number of hydrogen-bond donors (Lipinski definition) is 1. The van der Waals surface area contributed by atoms with Crippen LogP contribution in [0.4, 0.5) is 10.5 Å². The predicted octanol–water partition coefficient (Wildman–Crippen LogP) is 3.60. The van der Waals surface area contributed by atoms with Crippen LogP contribution < -0.4 is 14.8 Å². The number of urea groups is 1. The lowest BCUT2D eigenvalue weighted by Crippen LogP contribution is -2.44. The fourth-order valence-corrected chi connectivity index (χ4v) is 2.91. The number of nitrogens with zero attached hydrogens (tertiary/aromatic N) is 2. The van der Waals surface area contributed by atoms with Gasteiger partial charge in [-0.2, -0.15) is 0 Å². The molecule has 132 valence electrons. The highest BCUT2D eigenvalue weighted by atomic mass is 16.5. The largest absolute Gasteiger partial charge is 0.497 e. The van der Waals surface area contributed by atoms with Crippen LogP contribution in [0.1, 0.15) is 25.0 Å². The molecule has 0 atom stereocenters. The van der Waals surface area contributed by atoms with E-state index >= 15 is 0 Å². The van der Waals surface area contributed by atoms with Gasteiger partial charge in [-0.3, -0.25) is 4.98 Å². The van der Waals surface area contributed by atoms with Gasteiger partial charge < -0.3 is 19.7 Å². The Morgan fingerprint density at radius 3 is 2.84 bits per heavy atom. The van der Waals surface area contributed by atoms with Crippen molar-refractivity contribution in [3.8, 4) is 11.5 Å². The number of pyridine rings is 1. The SMILES string of the molecule is COc1ccc2c(c1)OC(C)(C)CN(C(=O)Nc1cncc(C)c1)C2. The Labute approximate surface area is 147 Å². The molecule has 0 aliphatic carbocycles. The number of aryl methyl sites for hydroxylation is 1. The van der Waals surface area contributed by atoms with E-state index in [0.717, 1.165) is 22.6 Å². The fourth-order valence-electron chi connectivity index (χ4n) is 2.91. The summed E-state index contributed by atoms with van der Waals surface area (Å²) in [7, 11) is 1.62. The first-order valence-electron chi connectivity index (χ1n) is 8.20. The number of carbonyl (C=O) groups excluding carboxylic acids is 1. The quantitative estimate of drug-likeness (QED) is 0.906. The van der Waals surface area contributed by atoms with E-state index in [1.807, 2.05) is 45.0 Å². The van der Waals surface area contributed by atoms with Gasteiger partial charge in [-0.15, -0.1) is 0 Å². The first kappa shape index (κ1) is 17.1. The van der Waals surface area contributed by atoms with Gasteiger partial charge in [0.2, 0.25) is 0 Å². The number of carbonyl (C=O) groups is 1. The fraction of sp³-hybridized carbons (Fsp3) is 0.368. The van der Waals surface area contributed by atoms with Crippen LogP contribution in [0.25, 0.3) is 0 Å². The molecule has 0 radical (unpaired) electrons. The van der Waals surface area contributed by atoms with Crippen LogP contribution in [0.3, 0.4) is 0 Å². The maximum Gasteiger partial charge on any atom is 0.322 e. The van der Waals surface area contributed by atoms with E-state index in [2.05, 4.69) is 10.3 Å². The summed E-state index contributed by atoms with van der Waals surface area (Å²) < 4.78 is 11.4. The normalized spacial score (nSPS) is 15.6. The van der Waals surface area contributed by atoms with Crippen molar-refractivity contribution < 1.29 is 14.3 Å². The summed E-state index contributed by atoms with van der Waals surface area (Å²) in [6.45, 7) is 6.81. The van der Waals surface area contributed by atoms with E-state index in [1.54, 1.807) is 24.4 Å². The number of benzene rings is 1. The van der Waals surface area contributed by atoms with E-state index in [-0.39, 0.29) is 6.03 Å². The summed E-state index contributed by atoms with van der Waals surface area (Å²) in [6.07, 6.45) is 3.39. The molecule has 1 aromatic carbocycles. The summed E-state index contributed by atoms with van der Waals surface area (Å²) in [6, 6.07) is 7.39. The van der Waals surface area contributed by atoms with Crippen molar-refractivity contribution in [1.82, 2.24) is 9.88 Å². The van der Waals surface area contributed by atoms with Crippen LogP contribution in [0.5, 0.6) is 11.5 Å². The molecular formula is C19H23N3O3. The topological polar surface area (TPSA) is 63.7 Å². The Balaban J connectivity index is 1.84. The second-order valence-corrected chi connectivity index (χ2v) is 6.87. The lowest BCUT2D eigenvalue weighted by atomic mass is 10.1. The number of hydrogen-bond acceptors (Lipinski definition) is 4. The van der Waals surface area contributed by atoms with Crippen molar-refractivity contribution in [2.75, 3.05) is 19.0 Å². The molecule has 1 aliphatic heterocycles. The van der Waals surface area contributed by atoms with Gasteiger partial charge in [0.05, 0.1) is 32.1 Å². The molecule has 2 amide bonds. The van der Waals surface area contributed by atoms with Gasteiger partial charge in [-0.25, -0.2) is 4.79 Å². The minimum absolute atomic E-state index is 0.173. The molecule has 6 nitrogen and oxygen atoms in total. The van der Waals surface area contributed by atoms with E-state index in [0.29, 0.717) is 18.8 Å². The number of aromatic nitrogens is 1. The summed E-state index contributed by atoms with van der Waals surface area (Å²) in [5.41, 5.74) is 2.11. The first-order chi connectivity index (χ1) is 11.9. The lowest BCUT2D eigenvalue weighted by molar-refractivity contribution is 0.0833. The highest BCUT2D eigenvalue weighted by Gasteiger charge is 2.31. The molecule has 1 N–H and O–H groups in total. The highest BCUT2D eigenvalue weighted by molar-refractivity contribution is 5.89. The molecule has 25 heavy (non-hydrogen) atoms. The molecule has 0 bridgehead atoms. The molecule has 0 saturated heterocycles. The molecule has 0 spiro atoms. The molecule has 1 aliphatic rings. The van der Waals surface area contributed by atoms with Crippen molar-refractivity contribution in [3.63, 3.8) is 0 Å². The van der Waals surface area contributed by atoms with E-state index < -0.39 is 5.60 Å². The number of nitrogens with one attached hydrogen (secondary N) is 1. The average molecular weight is 341 g/mol. The molecule has 1 aromatic heterocycles. The second kappa shape index (κ2) is 6.63. The number of amides is 2. The summed E-state index contributed by atoms with van der Waals surface area (Å²) >= 11 is 0. The number of methoxy groups -OCH3 is 1. The summed E-state index contributed by atoms with van der Waals surface area (Å²) in [4.78, 5) is 18.6. The van der Waals surface area contributed by atoms with Gasteiger partial charge in [-0.1, -0.05) is 0 Å². The molecule has 2 aromatic rings. The van der Waals surface area contributed by atoms with E-state index in [9.17, 15) is 4.79 Å². The zero-order chi connectivity index (χ0) is 18.0. The zero-order valence-electron chi connectivity index (χ0n) is 15.0. The molecule has 0 fully saturated rings. The molecule has 0 saturated carbocycles. The maximum atomic E-state index is 12.8. The molecular weight excluding hydrogens is 318 g/mol. The molecule has 2 heterocycles. The Morgan fingerprint density at radius 1 is 1.32 bits per heavy atom. The third-order valence-electron chi connectivity index (χ3n) is 4.01. The third-order valence-corrected chi connectivity index (χ3v) is 4.01. The van der Waals surface area contributed by atoms with Crippen LogP contribution >= 0.6 is 0 Å². The van der Waals surface area contributed by atoms with Gasteiger partial charge >= 0.3 is 6.03 Å². The van der Waals surface area contributed by atoms with Crippen LogP contribution in [-0.4, -0.2) is 35.2 Å². The van der Waals surface area contributed by atoms with Gasteiger partial charge in [0.1, 0.15) is 17.1 Å². The second-order valence-electron chi connectivity index (χ2n) is 6.87. The highest BCUT2D eigenvalue weighted by Crippen LogP contribution is 2.32. The monoisotopic (exact) mass is 341 g/mol. The molecule has 0 unspecified atom stereocenters. The predicted molar refractivity (Wildman–Crippen MR) is 96.1 cm³/mol. The van der Waals surface area contributed by atoms with Crippen molar-refractivity contribution in [2.45, 2.75) is 32.9 Å². The van der Waals surface area contributed by atoms with Gasteiger partial charge in [0, 0.05) is 17.8 Å². The minimum Gasteiger partial charge on any atom is -0.497 e. The van der Waals surface area contributed by atoms with Crippen molar-refractivity contribution in [3.05, 3.63) is 47.8 Å². The van der Waals surface area contributed by atoms with Crippen molar-refractivity contribution in [2.24, 2.45) is 0 Å². The standard InChI is InChI=1S/C19H23N3O3/c1-13-7-15(10-20-9-13)21-18(23)22-11-14-5-6-16(24-4)8-17(14)25-19(2,3)12-22/h5-10H,11-12H2,1-4H3,(H,21,23). The van der Waals surface area contributed by atoms with E-state index in [4.69, 9.17) is 9.47 Å². The van der Waals surface area contributed by atoms with Crippen LogP contribution in [0, 0.1) is 6.92 Å². The zero-order valence-corrected chi connectivity index (χ0v) is 15.0. The number of ether oxygens (including phenoxy) is 2. The number of fused-ring (bicyclic) bond motifs is 1. The summed E-state index contributed by atoms with van der Waals surface area (Å²) in [5, 5.41) is 2.92. The molecule has 3 rings (SSSR count). The Bertz CT molecular complexity index is 789. The van der Waals surface area contributed by atoms with Crippen molar-refractivity contribution in [1.29, 1.82) is 0 Å². The minimum atomic E-state index is -0.514. The third kappa shape index (κ3) is 4.02. The van der Waals surface area contributed by atoms with Gasteiger partial charge in [-0.05, 0) is 44.5 Å². The number of rotatable bonds is 2. The number of anilines is 1. The molecule has 6 heteroatoms. The first-order valence-corrected chi connectivity index (χ1v) is 8.20. The Hall–Kier alpha value is -2.76. The summed E-state index contributed by atoms with van der Waals surface area (Å²) in [5.74, 6) is 1.48. The van der Waals surface area contributed by atoms with E-state index in [1.165, 1.54) is 0 Å². The lowest BCUT2D eigenvalue weighted by Gasteiger charge is -2.29. The van der Waals surface area contributed by atoms with Crippen LogP contribution in [0.15, 0.2) is 36.7 Å². The van der Waals surface area contributed by atoms with Gasteiger partial charge in [0.15, 0.2) is 0 Å². The van der Waals surface area contributed by atoms with Crippen LogP contribution in [0.2, 0.25) is 0 Å². The smallest absolute Gasteiger partial charge is 0.322 e.